The van der Waals surface area contributed by atoms with Gasteiger partial charge in [0.2, 0.25) is 0 Å². The first-order valence-electron chi connectivity index (χ1n) is 10.4. The number of methoxy groups -OCH3 is 1. The number of nitrogens with zero attached hydrogens (tertiary/aromatic N) is 2. The van der Waals surface area contributed by atoms with Gasteiger partial charge >= 0.3 is 5.97 Å². The first-order chi connectivity index (χ1) is 15.9. The molecule has 0 spiro atoms. The smallest absolute Gasteiger partial charge is 0.338 e. The van der Waals surface area contributed by atoms with Gasteiger partial charge in [0.15, 0.2) is 4.80 Å². The molecule has 168 valence electrons. The van der Waals surface area contributed by atoms with E-state index in [-0.39, 0.29) is 5.56 Å². The summed E-state index contributed by atoms with van der Waals surface area (Å²) in [6, 6.07) is 14.7. The topological polar surface area (TPSA) is 69.9 Å². The van der Waals surface area contributed by atoms with Crippen LogP contribution in [0.1, 0.15) is 29.7 Å². The summed E-state index contributed by atoms with van der Waals surface area (Å²) in [4.78, 5) is 31.3. The molecule has 7 heteroatoms. The van der Waals surface area contributed by atoms with E-state index in [4.69, 9.17) is 9.47 Å². The van der Waals surface area contributed by atoms with Crippen LogP contribution in [0.15, 0.2) is 82.2 Å². The van der Waals surface area contributed by atoms with E-state index in [2.05, 4.69) is 11.6 Å². The lowest BCUT2D eigenvalue weighted by Crippen LogP contribution is -2.39. The summed E-state index contributed by atoms with van der Waals surface area (Å²) in [7, 11) is 1.34. The minimum atomic E-state index is -0.605. The highest BCUT2D eigenvalue weighted by Gasteiger charge is 2.32. The Morgan fingerprint density at radius 2 is 1.85 bits per heavy atom. The zero-order chi connectivity index (χ0) is 23.5. The Balaban J connectivity index is 1.85. The summed E-state index contributed by atoms with van der Waals surface area (Å²) in [5, 5.41) is 0. The molecule has 4 rings (SSSR count). The minimum absolute atomic E-state index is 0.204. The van der Waals surface area contributed by atoms with Crippen LogP contribution in [0.5, 0.6) is 5.75 Å². The normalized spacial score (nSPS) is 15.6. The van der Waals surface area contributed by atoms with Crippen LogP contribution in [-0.4, -0.2) is 24.3 Å². The van der Waals surface area contributed by atoms with Crippen molar-refractivity contribution >= 4 is 23.4 Å². The Bertz CT molecular complexity index is 1410. The van der Waals surface area contributed by atoms with Crippen molar-refractivity contribution in [2.75, 3.05) is 13.7 Å². The molecule has 0 amide bonds. The number of esters is 1. The molecular formula is C26H24N2O4S. The van der Waals surface area contributed by atoms with Crippen molar-refractivity contribution in [3.05, 3.63) is 109 Å². The third-order valence-corrected chi connectivity index (χ3v) is 6.35. The van der Waals surface area contributed by atoms with E-state index in [1.54, 1.807) is 17.6 Å². The largest absolute Gasteiger partial charge is 0.490 e. The van der Waals surface area contributed by atoms with Crippen LogP contribution in [0, 0.1) is 6.92 Å². The monoisotopic (exact) mass is 460 g/mol. The van der Waals surface area contributed by atoms with E-state index < -0.39 is 12.0 Å². The standard InChI is InChI=1S/C26H24N2O4S/c1-5-14-32-20-12-8-18(9-13-20)15-21-24(29)28-23(19-10-6-16(2)7-11-19)22(25(30)31-4)17(3)27-26(28)33-21/h5-13,15,23H,1,14H2,2-4H3/b21-15+. The molecule has 3 aromatic rings. The van der Waals surface area contributed by atoms with Crippen LogP contribution in [0.25, 0.3) is 6.08 Å². The summed E-state index contributed by atoms with van der Waals surface area (Å²) in [5.74, 6) is 0.234. The van der Waals surface area contributed by atoms with Crippen molar-refractivity contribution < 1.29 is 14.3 Å². The van der Waals surface area contributed by atoms with Gasteiger partial charge in [-0.15, -0.1) is 0 Å². The number of hydrogen-bond donors (Lipinski definition) is 0. The van der Waals surface area contributed by atoms with E-state index in [0.717, 1.165) is 22.4 Å². The minimum Gasteiger partial charge on any atom is -0.490 e. The quantitative estimate of drug-likeness (QED) is 0.418. The molecule has 1 unspecified atom stereocenters. The van der Waals surface area contributed by atoms with Crippen molar-refractivity contribution in [2.45, 2.75) is 19.9 Å². The maximum atomic E-state index is 13.5. The summed E-state index contributed by atoms with van der Waals surface area (Å²) >= 11 is 1.30. The number of hydrogen-bond acceptors (Lipinski definition) is 6. The van der Waals surface area contributed by atoms with Crippen molar-refractivity contribution in [1.82, 2.24) is 4.57 Å². The molecule has 0 bridgehead atoms. The summed E-state index contributed by atoms with van der Waals surface area (Å²) in [6.45, 7) is 7.83. The summed E-state index contributed by atoms with van der Waals surface area (Å²) in [6.07, 6.45) is 3.51. The van der Waals surface area contributed by atoms with Gasteiger partial charge in [-0.1, -0.05) is 66.0 Å². The third kappa shape index (κ3) is 4.45. The predicted molar refractivity (Wildman–Crippen MR) is 129 cm³/mol. The van der Waals surface area contributed by atoms with Gasteiger partial charge in [0.05, 0.1) is 29.0 Å². The highest BCUT2D eigenvalue weighted by atomic mass is 32.1. The number of thiazole rings is 1. The lowest BCUT2D eigenvalue weighted by molar-refractivity contribution is -0.136. The molecule has 2 aromatic carbocycles. The Morgan fingerprint density at radius 1 is 1.15 bits per heavy atom. The highest BCUT2D eigenvalue weighted by Crippen LogP contribution is 2.30. The fourth-order valence-corrected chi connectivity index (χ4v) is 4.77. The van der Waals surface area contributed by atoms with Gasteiger partial charge in [-0.3, -0.25) is 9.36 Å². The average Bonchev–Trinajstić information content (AvgIpc) is 3.12. The van der Waals surface area contributed by atoms with Crippen LogP contribution >= 0.6 is 11.3 Å². The molecule has 1 aliphatic rings. The molecule has 1 aromatic heterocycles. The number of carbonyl (C=O) groups excluding carboxylic acids is 1. The van der Waals surface area contributed by atoms with Gasteiger partial charge in [-0.25, -0.2) is 9.79 Å². The number of allylic oxidation sites excluding steroid dienone is 1. The molecule has 1 aliphatic heterocycles. The van der Waals surface area contributed by atoms with E-state index in [9.17, 15) is 9.59 Å². The Labute approximate surface area is 195 Å². The number of ether oxygens (including phenoxy) is 2. The van der Waals surface area contributed by atoms with Crippen molar-refractivity contribution in [3.8, 4) is 5.75 Å². The van der Waals surface area contributed by atoms with Crippen molar-refractivity contribution in [2.24, 2.45) is 4.99 Å². The van der Waals surface area contributed by atoms with Crippen molar-refractivity contribution in [1.29, 1.82) is 0 Å². The average molecular weight is 461 g/mol. The molecular weight excluding hydrogens is 436 g/mol. The first kappa shape index (κ1) is 22.5. The number of aromatic nitrogens is 1. The maximum Gasteiger partial charge on any atom is 0.338 e. The Morgan fingerprint density at radius 3 is 2.48 bits per heavy atom. The third-order valence-electron chi connectivity index (χ3n) is 5.37. The van der Waals surface area contributed by atoms with Gasteiger partial charge in [0.1, 0.15) is 12.4 Å². The second kappa shape index (κ2) is 9.42. The van der Waals surface area contributed by atoms with E-state index in [0.29, 0.717) is 27.2 Å². The molecule has 0 fully saturated rings. The number of aryl methyl sites for hydroxylation is 1. The molecule has 2 heterocycles. The van der Waals surface area contributed by atoms with Gasteiger partial charge in [0.25, 0.3) is 5.56 Å². The molecule has 0 saturated heterocycles. The molecule has 1 atom stereocenters. The molecule has 0 radical (unpaired) electrons. The zero-order valence-electron chi connectivity index (χ0n) is 18.7. The molecule has 6 nitrogen and oxygen atoms in total. The van der Waals surface area contributed by atoms with Gasteiger partial charge < -0.3 is 9.47 Å². The number of benzene rings is 2. The molecule has 0 N–H and O–H groups in total. The van der Waals surface area contributed by atoms with E-state index in [1.165, 1.54) is 18.4 Å². The first-order valence-corrected chi connectivity index (χ1v) is 11.3. The van der Waals surface area contributed by atoms with Gasteiger partial charge in [-0.05, 0) is 43.2 Å². The zero-order valence-corrected chi connectivity index (χ0v) is 19.5. The van der Waals surface area contributed by atoms with E-state index in [1.807, 2.05) is 61.5 Å². The van der Waals surface area contributed by atoms with Crippen LogP contribution in [0.3, 0.4) is 0 Å². The fraction of sp³-hybridized carbons (Fsp3) is 0.192. The molecule has 0 saturated carbocycles. The lowest BCUT2D eigenvalue weighted by Gasteiger charge is -2.24. The summed E-state index contributed by atoms with van der Waals surface area (Å²) < 4.78 is 12.7. The Kier molecular flexibility index (Phi) is 6.42. The van der Waals surface area contributed by atoms with Crippen LogP contribution in [0.4, 0.5) is 0 Å². The SMILES string of the molecule is C=CCOc1ccc(/C=c2/sc3n(c2=O)C(c2ccc(C)cc2)C(C(=O)OC)=C(C)N=3)cc1. The van der Waals surface area contributed by atoms with Crippen molar-refractivity contribution in [3.63, 3.8) is 0 Å². The predicted octanol–water partition coefficient (Wildman–Crippen LogP) is 3.28. The maximum absolute atomic E-state index is 13.5. The number of rotatable bonds is 6. The number of fused-ring (bicyclic) bond motifs is 1. The van der Waals surface area contributed by atoms with Gasteiger partial charge in [-0.2, -0.15) is 0 Å². The van der Waals surface area contributed by atoms with Gasteiger partial charge in [0, 0.05) is 0 Å². The van der Waals surface area contributed by atoms with Crippen LogP contribution < -0.4 is 19.6 Å². The van der Waals surface area contributed by atoms with E-state index >= 15 is 0 Å². The summed E-state index contributed by atoms with van der Waals surface area (Å²) in [5.41, 5.74) is 3.49. The fourth-order valence-electron chi connectivity index (χ4n) is 3.72. The van der Waals surface area contributed by atoms with Crippen LogP contribution in [0.2, 0.25) is 0 Å². The lowest BCUT2D eigenvalue weighted by atomic mass is 9.95. The second-order valence-corrected chi connectivity index (χ2v) is 8.66. The molecule has 0 aliphatic carbocycles. The number of carbonyl (C=O) groups is 1. The van der Waals surface area contributed by atoms with Crippen LogP contribution in [-0.2, 0) is 9.53 Å². The highest BCUT2D eigenvalue weighted by molar-refractivity contribution is 7.07. The Hall–Kier alpha value is -3.71. The second-order valence-electron chi connectivity index (χ2n) is 7.65. The molecule has 33 heavy (non-hydrogen) atoms.